The number of nitrogens with one attached hydrogen (secondary N) is 2. The summed E-state index contributed by atoms with van der Waals surface area (Å²) in [5, 5.41) is 5.74. The van der Waals surface area contributed by atoms with Crippen LogP contribution in [0.25, 0.3) is 0 Å². The minimum Gasteiger partial charge on any atom is -0.370 e. The van der Waals surface area contributed by atoms with Gasteiger partial charge < -0.3 is 10.6 Å². The molecule has 2 aromatic rings. The molecular formula is C14H13BrFN3O. The Morgan fingerprint density at radius 1 is 1.35 bits per heavy atom. The summed E-state index contributed by atoms with van der Waals surface area (Å²) in [4.78, 5) is 16.2. The molecule has 0 bridgehead atoms. The van der Waals surface area contributed by atoms with Crippen LogP contribution in [0, 0.1) is 5.82 Å². The first-order chi connectivity index (χ1) is 9.60. The minimum atomic E-state index is -0.374. The second-order valence-electron chi connectivity index (χ2n) is 4.04. The number of hydrogen-bond acceptors (Lipinski definition) is 3. The molecule has 0 unspecified atom stereocenters. The number of benzene rings is 1. The van der Waals surface area contributed by atoms with Crippen LogP contribution in [0.2, 0.25) is 0 Å². The fraction of sp³-hybridized carbons (Fsp3) is 0.143. The highest BCUT2D eigenvalue weighted by atomic mass is 79.9. The van der Waals surface area contributed by atoms with Crippen molar-refractivity contribution < 1.29 is 9.18 Å². The number of aromatic nitrogens is 1. The Balaban J connectivity index is 2.15. The lowest BCUT2D eigenvalue weighted by atomic mass is 10.2. The monoisotopic (exact) mass is 337 g/mol. The maximum Gasteiger partial charge on any atom is 0.255 e. The fourth-order valence-corrected chi connectivity index (χ4v) is 2.01. The highest BCUT2D eigenvalue weighted by Crippen LogP contribution is 2.20. The number of amides is 1. The van der Waals surface area contributed by atoms with Crippen molar-refractivity contribution in [1.29, 1.82) is 0 Å². The number of halogens is 2. The second-order valence-corrected chi connectivity index (χ2v) is 4.90. The Kier molecular flexibility index (Phi) is 4.68. The van der Waals surface area contributed by atoms with Gasteiger partial charge in [0.25, 0.3) is 5.91 Å². The van der Waals surface area contributed by atoms with E-state index in [2.05, 4.69) is 31.5 Å². The summed E-state index contributed by atoms with van der Waals surface area (Å²) >= 11 is 3.08. The summed E-state index contributed by atoms with van der Waals surface area (Å²) in [5.74, 6) is -0.00756. The zero-order chi connectivity index (χ0) is 14.5. The number of anilines is 2. The maximum atomic E-state index is 13.1. The van der Waals surface area contributed by atoms with Crippen molar-refractivity contribution in [1.82, 2.24) is 4.98 Å². The molecule has 2 rings (SSSR count). The van der Waals surface area contributed by atoms with E-state index < -0.39 is 0 Å². The smallest absolute Gasteiger partial charge is 0.255 e. The summed E-state index contributed by atoms with van der Waals surface area (Å²) in [6, 6.07) is 7.59. The first kappa shape index (κ1) is 14.5. The van der Waals surface area contributed by atoms with Crippen LogP contribution in [0.5, 0.6) is 0 Å². The van der Waals surface area contributed by atoms with Crippen LogP contribution in [-0.4, -0.2) is 17.4 Å². The molecule has 2 N–H and O–H groups in total. The van der Waals surface area contributed by atoms with Gasteiger partial charge in [-0.15, -0.1) is 0 Å². The van der Waals surface area contributed by atoms with Crippen molar-refractivity contribution in [2.75, 3.05) is 17.2 Å². The van der Waals surface area contributed by atoms with Crippen LogP contribution in [0.3, 0.4) is 0 Å². The van der Waals surface area contributed by atoms with Crippen molar-refractivity contribution in [3.8, 4) is 0 Å². The van der Waals surface area contributed by atoms with Crippen LogP contribution in [0.4, 0.5) is 15.9 Å². The van der Waals surface area contributed by atoms with Crippen LogP contribution in [0.1, 0.15) is 17.3 Å². The molecule has 4 nitrogen and oxygen atoms in total. The third kappa shape index (κ3) is 3.54. The van der Waals surface area contributed by atoms with Crippen molar-refractivity contribution in [3.63, 3.8) is 0 Å². The molecule has 6 heteroatoms. The largest absolute Gasteiger partial charge is 0.370 e. The summed E-state index contributed by atoms with van der Waals surface area (Å²) in [5.41, 5.74) is 1.00. The summed E-state index contributed by atoms with van der Waals surface area (Å²) in [7, 11) is 0. The molecule has 1 aromatic carbocycles. The highest BCUT2D eigenvalue weighted by Gasteiger charge is 2.08. The number of carbonyl (C=O) groups is 1. The van der Waals surface area contributed by atoms with E-state index in [0.717, 1.165) is 6.54 Å². The molecule has 0 saturated carbocycles. The van der Waals surface area contributed by atoms with E-state index in [1.165, 1.54) is 18.2 Å². The average molecular weight is 338 g/mol. The lowest BCUT2D eigenvalue weighted by Crippen LogP contribution is -2.12. The van der Waals surface area contributed by atoms with Gasteiger partial charge in [0.05, 0.1) is 4.47 Å². The van der Waals surface area contributed by atoms with E-state index in [0.29, 0.717) is 21.5 Å². The molecule has 104 valence electrons. The SMILES string of the molecule is CCNc1cc(C(=O)Nc2ccc(F)c(Br)c2)ccn1. The molecule has 1 heterocycles. The molecule has 0 saturated heterocycles. The second kappa shape index (κ2) is 6.47. The minimum absolute atomic E-state index is 0.273. The molecule has 1 amide bonds. The van der Waals surface area contributed by atoms with E-state index >= 15 is 0 Å². The predicted molar refractivity (Wildman–Crippen MR) is 80.5 cm³/mol. The predicted octanol–water partition coefficient (Wildman–Crippen LogP) is 3.67. The van der Waals surface area contributed by atoms with Gasteiger partial charge in [-0.25, -0.2) is 9.37 Å². The van der Waals surface area contributed by atoms with E-state index in [4.69, 9.17) is 0 Å². The average Bonchev–Trinajstić information content (AvgIpc) is 2.43. The zero-order valence-electron chi connectivity index (χ0n) is 10.8. The number of pyridine rings is 1. The molecule has 0 aliphatic carbocycles. The van der Waals surface area contributed by atoms with E-state index in [1.807, 2.05) is 6.92 Å². The van der Waals surface area contributed by atoms with Crippen molar-refractivity contribution >= 4 is 33.3 Å². The summed E-state index contributed by atoms with van der Waals surface area (Å²) in [6.07, 6.45) is 1.56. The zero-order valence-corrected chi connectivity index (χ0v) is 12.4. The normalized spacial score (nSPS) is 10.2. The molecule has 0 radical (unpaired) electrons. The molecule has 0 fully saturated rings. The third-order valence-corrected chi connectivity index (χ3v) is 3.17. The first-order valence-electron chi connectivity index (χ1n) is 6.06. The number of rotatable bonds is 4. The van der Waals surface area contributed by atoms with E-state index in [9.17, 15) is 9.18 Å². The van der Waals surface area contributed by atoms with Gasteiger partial charge >= 0.3 is 0 Å². The number of hydrogen-bond donors (Lipinski definition) is 2. The Hall–Kier alpha value is -1.95. The fourth-order valence-electron chi connectivity index (χ4n) is 1.63. The molecule has 0 aliphatic rings. The van der Waals surface area contributed by atoms with Crippen molar-refractivity contribution in [2.24, 2.45) is 0 Å². The topological polar surface area (TPSA) is 54.0 Å². The lowest BCUT2D eigenvalue weighted by molar-refractivity contribution is 0.102. The first-order valence-corrected chi connectivity index (χ1v) is 6.85. The van der Waals surface area contributed by atoms with Crippen molar-refractivity contribution in [2.45, 2.75) is 6.92 Å². The Bertz CT molecular complexity index is 634. The van der Waals surface area contributed by atoms with Crippen LogP contribution < -0.4 is 10.6 Å². The third-order valence-electron chi connectivity index (χ3n) is 2.56. The standard InChI is InChI=1S/C14H13BrFN3O/c1-2-17-13-7-9(5-6-18-13)14(20)19-10-3-4-12(16)11(15)8-10/h3-8H,2H2,1H3,(H,17,18)(H,19,20). The Labute approximate surface area is 124 Å². The Morgan fingerprint density at radius 2 is 2.15 bits per heavy atom. The van der Waals surface area contributed by atoms with Gasteiger partial charge in [0.15, 0.2) is 0 Å². The molecule has 0 atom stereocenters. The van der Waals surface area contributed by atoms with Crippen LogP contribution >= 0.6 is 15.9 Å². The van der Waals surface area contributed by atoms with Gasteiger partial charge in [0.1, 0.15) is 11.6 Å². The lowest BCUT2D eigenvalue weighted by Gasteiger charge is -2.07. The van der Waals surface area contributed by atoms with Gasteiger partial charge in [-0.3, -0.25) is 4.79 Å². The molecule has 0 spiro atoms. The molecule has 20 heavy (non-hydrogen) atoms. The molecular weight excluding hydrogens is 325 g/mol. The number of nitrogens with zero attached hydrogens (tertiary/aromatic N) is 1. The van der Waals surface area contributed by atoms with Gasteiger partial charge in [0, 0.05) is 24.0 Å². The molecule has 0 aliphatic heterocycles. The van der Waals surface area contributed by atoms with E-state index in [1.54, 1.807) is 18.3 Å². The highest BCUT2D eigenvalue weighted by molar-refractivity contribution is 9.10. The summed E-state index contributed by atoms with van der Waals surface area (Å²) in [6.45, 7) is 2.67. The summed E-state index contributed by atoms with van der Waals surface area (Å²) < 4.78 is 13.4. The van der Waals surface area contributed by atoms with Gasteiger partial charge in [-0.2, -0.15) is 0 Å². The Morgan fingerprint density at radius 3 is 2.85 bits per heavy atom. The van der Waals surface area contributed by atoms with E-state index in [-0.39, 0.29) is 11.7 Å². The van der Waals surface area contributed by atoms with Crippen LogP contribution in [-0.2, 0) is 0 Å². The van der Waals surface area contributed by atoms with Crippen molar-refractivity contribution in [3.05, 3.63) is 52.4 Å². The van der Waals surface area contributed by atoms with Gasteiger partial charge in [0.2, 0.25) is 0 Å². The molecule has 1 aromatic heterocycles. The quantitative estimate of drug-likeness (QED) is 0.894. The van der Waals surface area contributed by atoms with Gasteiger partial charge in [-0.05, 0) is 53.2 Å². The maximum absolute atomic E-state index is 13.1. The van der Waals surface area contributed by atoms with Crippen LogP contribution in [0.15, 0.2) is 41.0 Å². The van der Waals surface area contributed by atoms with Gasteiger partial charge in [-0.1, -0.05) is 0 Å². The number of carbonyl (C=O) groups excluding carboxylic acids is 1.